The van der Waals surface area contributed by atoms with Crippen LogP contribution in [0.3, 0.4) is 0 Å². The van der Waals surface area contributed by atoms with Crippen LogP contribution in [-0.4, -0.2) is 31.3 Å². The Kier molecular flexibility index (Phi) is 3.77. The first-order valence-electron chi connectivity index (χ1n) is 7.28. The molecular formula is C16H10FN5O2S. The summed E-state index contributed by atoms with van der Waals surface area (Å²) < 4.78 is 14.7. The number of aromatic nitrogens is 3. The van der Waals surface area contributed by atoms with Crippen LogP contribution in [-0.2, 0) is 0 Å². The van der Waals surface area contributed by atoms with Crippen LogP contribution in [0.25, 0.3) is 11.4 Å². The molecule has 0 saturated carbocycles. The molecule has 1 aromatic heterocycles. The van der Waals surface area contributed by atoms with Crippen molar-refractivity contribution in [3.63, 3.8) is 0 Å². The lowest BCUT2D eigenvalue weighted by atomic mass is 10.1. The molecule has 0 unspecified atom stereocenters. The number of fused-ring (bicyclic) bond motifs is 1. The Balaban J connectivity index is 1.77. The summed E-state index contributed by atoms with van der Waals surface area (Å²) >= 11 is 1.44. The van der Waals surface area contributed by atoms with Crippen molar-refractivity contribution < 1.29 is 9.31 Å². The molecule has 0 amide bonds. The van der Waals surface area contributed by atoms with Gasteiger partial charge in [-0.1, -0.05) is 23.9 Å². The van der Waals surface area contributed by atoms with Crippen LogP contribution in [0.15, 0.2) is 58.8 Å². The highest BCUT2D eigenvalue weighted by Gasteiger charge is 2.21. The molecule has 2 heterocycles. The van der Waals surface area contributed by atoms with Crippen LogP contribution < -0.4 is 0 Å². The van der Waals surface area contributed by atoms with Crippen molar-refractivity contribution in [2.24, 2.45) is 5.10 Å². The van der Waals surface area contributed by atoms with Crippen LogP contribution in [0.4, 0.5) is 10.1 Å². The summed E-state index contributed by atoms with van der Waals surface area (Å²) in [6.45, 7) is 0. The van der Waals surface area contributed by atoms with Crippen molar-refractivity contribution in [2.45, 2.75) is 5.16 Å². The van der Waals surface area contributed by atoms with Crippen molar-refractivity contribution in [3.8, 4) is 11.4 Å². The maximum absolute atomic E-state index is 13.1. The van der Waals surface area contributed by atoms with Crippen LogP contribution >= 0.6 is 11.8 Å². The van der Waals surface area contributed by atoms with Crippen molar-refractivity contribution in [3.05, 3.63) is 70.0 Å². The molecule has 25 heavy (non-hydrogen) atoms. The molecule has 9 heteroatoms. The second-order valence-electron chi connectivity index (χ2n) is 5.27. The fourth-order valence-corrected chi connectivity index (χ4v) is 3.29. The zero-order chi connectivity index (χ0) is 17.4. The monoisotopic (exact) mass is 355 g/mol. The summed E-state index contributed by atoms with van der Waals surface area (Å²) in [5.41, 5.74) is 2.05. The molecule has 0 spiro atoms. The highest BCUT2D eigenvalue weighted by atomic mass is 32.2. The molecule has 0 bridgehead atoms. The number of benzene rings is 2. The number of hydrogen-bond donors (Lipinski definition) is 0. The molecule has 0 fully saturated rings. The number of nitro benzene ring substituents is 1. The van der Waals surface area contributed by atoms with E-state index >= 15 is 0 Å². The second kappa shape index (κ2) is 6.10. The number of rotatable bonds is 3. The quantitative estimate of drug-likeness (QED) is 0.531. The van der Waals surface area contributed by atoms with Crippen molar-refractivity contribution in [1.82, 2.24) is 14.9 Å². The largest absolute Gasteiger partial charge is 0.270 e. The third-order valence-corrected chi connectivity index (χ3v) is 4.59. The number of non-ortho nitro benzene ring substituents is 1. The van der Waals surface area contributed by atoms with Crippen molar-refractivity contribution >= 4 is 23.2 Å². The number of hydrogen-bond acceptors (Lipinski definition) is 6. The minimum absolute atomic E-state index is 0.0125. The van der Waals surface area contributed by atoms with Crippen LogP contribution in [0.5, 0.6) is 0 Å². The summed E-state index contributed by atoms with van der Waals surface area (Å²) in [6.07, 6.45) is 0. The van der Waals surface area contributed by atoms with Gasteiger partial charge >= 0.3 is 0 Å². The van der Waals surface area contributed by atoms with Gasteiger partial charge in [0.15, 0.2) is 5.82 Å². The van der Waals surface area contributed by atoms with Crippen molar-refractivity contribution in [1.29, 1.82) is 0 Å². The van der Waals surface area contributed by atoms with Gasteiger partial charge in [-0.2, -0.15) is 9.78 Å². The third-order valence-electron chi connectivity index (χ3n) is 3.66. The van der Waals surface area contributed by atoms with E-state index in [9.17, 15) is 14.5 Å². The highest BCUT2D eigenvalue weighted by molar-refractivity contribution is 7.99. The maximum atomic E-state index is 13.1. The van der Waals surface area contributed by atoms with Gasteiger partial charge in [0.25, 0.3) is 5.69 Å². The Morgan fingerprint density at radius 3 is 2.68 bits per heavy atom. The van der Waals surface area contributed by atoms with Gasteiger partial charge in [0.05, 0.1) is 10.6 Å². The molecule has 0 radical (unpaired) electrons. The van der Waals surface area contributed by atoms with E-state index in [2.05, 4.69) is 15.3 Å². The summed E-state index contributed by atoms with van der Waals surface area (Å²) in [4.78, 5) is 10.5. The predicted octanol–water partition coefficient (Wildman–Crippen LogP) is 3.35. The highest BCUT2D eigenvalue weighted by Crippen LogP contribution is 2.29. The van der Waals surface area contributed by atoms with Gasteiger partial charge in [-0.15, -0.1) is 10.2 Å². The summed E-state index contributed by atoms with van der Waals surface area (Å²) in [6, 6.07) is 12.2. The zero-order valence-electron chi connectivity index (χ0n) is 12.7. The van der Waals surface area contributed by atoms with E-state index in [0.717, 1.165) is 0 Å². The van der Waals surface area contributed by atoms with Gasteiger partial charge in [0.2, 0.25) is 5.16 Å². The Bertz CT molecular complexity index is 1000. The fourth-order valence-electron chi connectivity index (χ4n) is 2.45. The minimum Gasteiger partial charge on any atom is -0.258 e. The predicted molar refractivity (Wildman–Crippen MR) is 91.2 cm³/mol. The van der Waals surface area contributed by atoms with E-state index in [1.54, 1.807) is 28.9 Å². The summed E-state index contributed by atoms with van der Waals surface area (Å²) in [7, 11) is 0. The first kappa shape index (κ1) is 15.5. The van der Waals surface area contributed by atoms with Gasteiger partial charge in [-0.05, 0) is 24.3 Å². The minimum atomic E-state index is -0.436. The molecule has 1 aliphatic heterocycles. The summed E-state index contributed by atoms with van der Waals surface area (Å²) in [5, 5.41) is 24.4. The number of nitrogens with zero attached hydrogens (tertiary/aromatic N) is 5. The Labute approximate surface area is 145 Å². The molecule has 4 rings (SSSR count). The van der Waals surface area contributed by atoms with E-state index in [1.165, 1.54) is 36.0 Å². The average Bonchev–Trinajstić information content (AvgIpc) is 3.05. The summed E-state index contributed by atoms with van der Waals surface area (Å²) in [5.74, 6) is 0.685. The van der Waals surface area contributed by atoms with Crippen molar-refractivity contribution in [2.75, 3.05) is 5.75 Å². The van der Waals surface area contributed by atoms with Gasteiger partial charge in [-0.3, -0.25) is 10.1 Å². The molecule has 2 aromatic carbocycles. The second-order valence-corrected chi connectivity index (χ2v) is 6.21. The van der Waals surface area contributed by atoms with Gasteiger partial charge < -0.3 is 0 Å². The molecule has 0 aliphatic carbocycles. The lowest BCUT2D eigenvalue weighted by Crippen LogP contribution is -2.14. The normalized spacial score (nSPS) is 13.2. The molecular weight excluding hydrogens is 345 g/mol. The molecule has 0 N–H and O–H groups in total. The fraction of sp³-hybridized carbons (Fsp3) is 0.0625. The lowest BCUT2D eigenvalue weighted by Gasteiger charge is -2.13. The van der Waals surface area contributed by atoms with E-state index in [-0.39, 0.29) is 11.5 Å². The van der Waals surface area contributed by atoms with E-state index in [4.69, 9.17) is 0 Å². The Morgan fingerprint density at radius 1 is 1.12 bits per heavy atom. The third kappa shape index (κ3) is 2.89. The lowest BCUT2D eigenvalue weighted by molar-refractivity contribution is -0.384. The first-order valence-corrected chi connectivity index (χ1v) is 8.27. The molecule has 1 aliphatic rings. The van der Waals surface area contributed by atoms with E-state index in [0.29, 0.717) is 33.6 Å². The molecule has 0 atom stereocenters. The first-order chi connectivity index (χ1) is 12.1. The standard InChI is InChI=1S/C16H10FN5O2S/c17-12-6-4-10(5-7-12)15-18-19-16-21(15)20-14(9-25-16)11-2-1-3-13(8-11)22(23)24/h1-8H,9H2. The Hall–Kier alpha value is -3.07. The average molecular weight is 355 g/mol. The Morgan fingerprint density at radius 2 is 1.92 bits per heavy atom. The number of nitro groups is 1. The van der Waals surface area contributed by atoms with E-state index in [1.807, 2.05) is 0 Å². The number of halogens is 1. The molecule has 3 aromatic rings. The molecule has 124 valence electrons. The van der Waals surface area contributed by atoms with E-state index < -0.39 is 4.92 Å². The number of thioether (sulfide) groups is 1. The van der Waals surface area contributed by atoms with Crippen LogP contribution in [0.2, 0.25) is 0 Å². The van der Waals surface area contributed by atoms with Gasteiger partial charge in [-0.25, -0.2) is 4.39 Å². The van der Waals surface area contributed by atoms with Gasteiger partial charge in [0.1, 0.15) is 5.82 Å². The molecule has 7 nitrogen and oxygen atoms in total. The topological polar surface area (TPSA) is 86.2 Å². The van der Waals surface area contributed by atoms with Crippen LogP contribution in [0.1, 0.15) is 5.56 Å². The maximum Gasteiger partial charge on any atom is 0.270 e. The smallest absolute Gasteiger partial charge is 0.258 e. The zero-order valence-corrected chi connectivity index (χ0v) is 13.5. The SMILES string of the molecule is O=[N+]([O-])c1cccc(C2=Nn3c(nnc3-c3ccc(F)cc3)SC2)c1. The molecule has 0 saturated heterocycles. The van der Waals surface area contributed by atoms with Crippen LogP contribution in [0, 0.1) is 15.9 Å². The van der Waals surface area contributed by atoms with Gasteiger partial charge in [0, 0.05) is 29.0 Å².